The smallest absolute Gasteiger partial charge is 0.338 e. The summed E-state index contributed by atoms with van der Waals surface area (Å²) >= 11 is 0. The van der Waals surface area contributed by atoms with Crippen LogP contribution in [0.25, 0.3) is 0 Å². The number of ether oxygens (including phenoxy) is 2. The first-order valence-electron chi connectivity index (χ1n) is 11.8. The molecule has 0 radical (unpaired) electrons. The average molecular weight is 453 g/mol. The molecule has 0 aromatic heterocycles. The van der Waals surface area contributed by atoms with Crippen LogP contribution >= 0.6 is 0 Å². The number of carbonyl (C=O) groups excluding carboxylic acids is 2. The van der Waals surface area contributed by atoms with Crippen LogP contribution in [0.15, 0.2) is 53.8 Å². The Morgan fingerprint density at radius 2 is 1.85 bits per heavy atom. The summed E-state index contributed by atoms with van der Waals surface area (Å²) in [6, 6.07) is 8.66. The maximum atomic E-state index is 13.1. The number of esters is 2. The van der Waals surface area contributed by atoms with Crippen molar-refractivity contribution in [2.45, 2.75) is 64.8 Å². The fourth-order valence-electron chi connectivity index (χ4n) is 7.33. The fourth-order valence-corrected chi connectivity index (χ4v) is 7.33. The highest BCUT2D eigenvalue weighted by atomic mass is 16.6. The van der Waals surface area contributed by atoms with E-state index >= 15 is 0 Å². The van der Waals surface area contributed by atoms with Crippen LogP contribution in [0.5, 0.6) is 0 Å². The van der Waals surface area contributed by atoms with Crippen molar-refractivity contribution >= 4 is 11.9 Å². The third kappa shape index (κ3) is 2.93. The second kappa shape index (κ2) is 7.28. The highest BCUT2D eigenvalue weighted by molar-refractivity contribution is 5.90. The zero-order chi connectivity index (χ0) is 23.8. The second-order valence-corrected chi connectivity index (χ2v) is 11.0. The zero-order valence-corrected chi connectivity index (χ0v) is 19.6. The molecule has 2 saturated carbocycles. The molecular weight excluding hydrogens is 420 g/mol. The van der Waals surface area contributed by atoms with E-state index in [0.717, 1.165) is 18.4 Å². The van der Waals surface area contributed by atoms with Gasteiger partial charge < -0.3 is 19.7 Å². The molecule has 1 heterocycles. The number of benzene rings is 1. The number of allylic oxidation sites excluding steroid dienone is 2. The minimum atomic E-state index is -1.48. The lowest BCUT2D eigenvalue weighted by molar-refractivity contribution is -0.306. The molecule has 6 heteroatoms. The molecule has 2 N–H and O–H groups in total. The first-order valence-corrected chi connectivity index (χ1v) is 11.8. The van der Waals surface area contributed by atoms with Gasteiger partial charge in [0, 0.05) is 23.0 Å². The molecule has 176 valence electrons. The molecule has 1 aromatic rings. The van der Waals surface area contributed by atoms with Gasteiger partial charge in [-0.1, -0.05) is 52.3 Å². The number of aliphatic hydroxyl groups is 2. The Morgan fingerprint density at radius 1 is 1.15 bits per heavy atom. The van der Waals surface area contributed by atoms with Crippen LogP contribution in [-0.4, -0.2) is 40.0 Å². The average Bonchev–Trinajstić information content (AvgIpc) is 3.15. The van der Waals surface area contributed by atoms with Gasteiger partial charge >= 0.3 is 11.9 Å². The summed E-state index contributed by atoms with van der Waals surface area (Å²) in [6.07, 6.45) is 3.55. The molecule has 0 spiro atoms. The molecule has 0 bridgehead atoms. The molecule has 3 aliphatic carbocycles. The van der Waals surface area contributed by atoms with Crippen LogP contribution in [0.1, 0.15) is 57.3 Å². The molecule has 33 heavy (non-hydrogen) atoms. The fraction of sp³-hybridized carbons (Fsp3) is 0.556. The van der Waals surface area contributed by atoms with Crippen LogP contribution in [0.3, 0.4) is 0 Å². The number of fused-ring (bicyclic) bond motifs is 4. The number of hydrogen-bond donors (Lipinski definition) is 2. The minimum absolute atomic E-state index is 0.194. The summed E-state index contributed by atoms with van der Waals surface area (Å²) in [7, 11) is 0. The Labute approximate surface area is 194 Å². The number of carbonyl (C=O) groups is 2. The van der Waals surface area contributed by atoms with Gasteiger partial charge in [-0.2, -0.15) is 0 Å². The Morgan fingerprint density at radius 3 is 2.55 bits per heavy atom. The van der Waals surface area contributed by atoms with Crippen LogP contribution in [0.2, 0.25) is 0 Å². The molecule has 2 fully saturated rings. The molecule has 0 amide bonds. The van der Waals surface area contributed by atoms with Gasteiger partial charge in [0.2, 0.25) is 0 Å². The third-order valence-corrected chi connectivity index (χ3v) is 9.08. The highest BCUT2D eigenvalue weighted by Gasteiger charge is 2.73. The molecule has 0 unspecified atom stereocenters. The standard InChI is InChI=1S/C27H32O6/c1-15-17-13-20(28)32-19(17)14-18-21(15)22(29)23(33-24(30)16-9-6-5-7-10-16)27(31)25(2,3)11-8-12-26(18,27)4/h5-7,9-10,13-15,18,21-23,29,31H,8,11-12H2,1-4H3/t15-,18-,21-,22+,23+,26+,27+/m0/s1. The van der Waals surface area contributed by atoms with E-state index in [1.54, 1.807) is 24.3 Å². The van der Waals surface area contributed by atoms with Crippen LogP contribution in [0.4, 0.5) is 0 Å². The van der Waals surface area contributed by atoms with E-state index in [0.29, 0.717) is 17.7 Å². The summed E-state index contributed by atoms with van der Waals surface area (Å²) in [5.74, 6) is -1.20. The largest absolute Gasteiger partial charge is 0.453 e. The van der Waals surface area contributed by atoms with Crippen LogP contribution < -0.4 is 0 Å². The van der Waals surface area contributed by atoms with Gasteiger partial charge in [-0.05, 0) is 48.3 Å². The van der Waals surface area contributed by atoms with E-state index in [2.05, 4.69) is 0 Å². The summed E-state index contributed by atoms with van der Waals surface area (Å²) < 4.78 is 11.5. The van der Waals surface area contributed by atoms with Gasteiger partial charge in [0.15, 0.2) is 6.10 Å². The Hall–Kier alpha value is -2.44. The minimum Gasteiger partial charge on any atom is -0.453 e. The monoisotopic (exact) mass is 452 g/mol. The summed E-state index contributed by atoms with van der Waals surface area (Å²) in [4.78, 5) is 25.1. The van der Waals surface area contributed by atoms with Crippen molar-refractivity contribution in [2.75, 3.05) is 0 Å². The predicted molar refractivity (Wildman–Crippen MR) is 121 cm³/mol. The lowest BCUT2D eigenvalue weighted by atomic mass is 9.40. The lowest BCUT2D eigenvalue weighted by Crippen LogP contribution is -2.76. The van der Waals surface area contributed by atoms with E-state index in [9.17, 15) is 19.8 Å². The molecule has 5 rings (SSSR count). The Kier molecular flexibility index (Phi) is 4.93. The molecular formula is C27H32O6. The van der Waals surface area contributed by atoms with E-state index in [4.69, 9.17) is 9.47 Å². The van der Waals surface area contributed by atoms with Gasteiger partial charge in [-0.25, -0.2) is 9.59 Å². The van der Waals surface area contributed by atoms with Gasteiger partial charge in [-0.3, -0.25) is 0 Å². The van der Waals surface area contributed by atoms with E-state index in [1.165, 1.54) is 6.08 Å². The third-order valence-electron chi connectivity index (χ3n) is 9.08. The maximum Gasteiger partial charge on any atom is 0.338 e. The van der Waals surface area contributed by atoms with Crippen molar-refractivity contribution in [1.82, 2.24) is 0 Å². The summed E-state index contributed by atoms with van der Waals surface area (Å²) in [5, 5.41) is 24.3. The van der Waals surface area contributed by atoms with Crippen molar-refractivity contribution in [2.24, 2.45) is 28.6 Å². The zero-order valence-electron chi connectivity index (χ0n) is 19.6. The van der Waals surface area contributed by atoms with E-state index in [1.807, 2.05) is 39.8 Å². The Bertz CT molecular complexity index is 1060. The van der Waals surface area contributed by atoms with Gasteiger partial charge in [0.05, 0.1) is 11.7 Å². The molecule has 1 aliphatic heterocycles. The van der Waals surface area contributed by atoms with E-state index in [-0.39, 0.29) is 17.8 Å². The van der Waals surface area contributed by atoms with Crippen LogP contribution in [0, 0.1) is 28.6 Å². The maximum absolute atomic E-state index is 13.1. The van der Waals surface area contributed by atoms with Crippen molar-refractivity contribution in [3.05, 3.63) is 59.4 Å². The van der Waals surface area contributed by atoms with Gasteiger partial charge in [-0.15, -0.1) is 0 Å². The van der Waals surface area contributed by atoms with Gasteiger partial charge in [0.25, 0.3) is 0 Å². The second-order valence-electron chi connectivity index (χ2n) is 11.0. The summed E-state index contributed by atoms with van der Waals surface area (Å²) in [5.41, 5.74) is -1.65. The molecule has 4 aliphatic rings. The van der Waals surface area contributed by atoms with Crippen molar-refractivity contribution in [1.29, 1.82) is 0 Å². The summed E-state index contributed by atoms with van der Waals surface area (Å²) in [6.45, 7) is 7.98. The first kappa shape index (κ1) is 22.4. The van der Waals surface area contributed by atoms with Gasteiger partial charge in [0.1, 0.15) is 11.4 Å². The van der Waals surface area contributed by atoms with Crippen molar-refractivity contribution < 1.29 is 29.3 Å². The highest BCUT2D eigenvalue weighted by Crippen LogP contribution is 2.67. The topological polar surface area (TPSA) is 93.1 Å². The predicted octanol–water partition coefficient (Wildman–Crippen LogP) is 3.78. The van der Waals surface area contributed by atoms with Crippen molar-refractivity contribution in [3.63, 3.8) is 0 Å². The first-order chi connectivity index (χ1) is 15.5. The molecule has 6 nitrogen and oxygen atoms in total. The molecule has 0 saturated heterocycles. The number of hydrogen-bond acceptors (Lipinski definition) is 6. The molecule has 1 aromatic carbocycles. The number of rotatable bonds is 2. The quantitative estimate of drug-likeness (QED) is 0.664. The number of aliphatic hydroxyl groups excluding tert-OH is 1. The molecule has 7 atom stereocenters. The van der Waals surface area contributed by atoms with Crippen LogP contribution in [-0.2, 0) is 14.3 Å². The normalized spacial score (nSPS) is 41.0. The van der Waals surface area contributed by atoms with E-state index < -0.39 is 40.6 Å². The lowest BCUT2D eigenvalue weighted by Gasteiger charge is -2.68. The SMILES string of the molecule is C[C@H]1C2=CC(=O)OC2=C[C@H]2[C@H]1[C@@H](O)[C@@H](OC(=O)c1ccccc1)[C@@]1(O)C(C)(C)CCC[C@]21C. The Balaban J connectivity index is 1.65. The van der Waals surface area contributed by atoms with Crippen molar-refractivity contribution in [3.8, 4) is 0 Å².